The molecule has 0 unspecified atom stereocenters. The summed E-state index contributed by atoms with van der Waals surface area (Å²) in [6.07, 6.45) is 4.14. The summed E-state index contributed by atoms with van der Waals surface area (Å²) in [7, 11) is 3.48. The molecule has 0 spiro atoms. The number of ether oxygens (including phenoxy) is 2. The maximum absolute atomic E-state index is 11.6. The van der Waals surface area contributed by atoms with Gasteiger partial charge in [-0.15, -0.1) is 24.8 Å². The summed E-state index contributed by atoms with van der Waals surface area (Å²) in [5.41, 5.74) is 5.88. The number of anilines is 1. The van der Waals surface area contributed by atoms with Gasteiger partial charge in [0.25, 0.3) is 0 Å². The van der Waals surface area contributed by atoms with Crippen molar-refractivity contribution in [1.82, 2.24) is 0 Å². The normalized spacial score (nSPS) is 12.5. The lowest BCUT2D eigenvalue weighted by molar-refractivity contribution is 0.0600. The molecule has 178 valence electrons. The lowest BCUT2D eigenvalue weighted by Gasteiger charge is -2.18. The first-order valence-electron chi connectivity index (χ1n) is 10.6. The van der Waals surface area contributed by atoms with Gasteiger partial charge in [-0.25, -0.2) is 4.79 Å². The monoisotopic (exact) mass is 498 g/mol. The Bertz CT molecular complexity index is 1160. The molecular formula is C27H28Cl2N2O3. The van der Waals surface area contributed by atoms with Gasteiger partial charge < -0.3 is 14.4 Å². The molecule has 34 heavy (non-hydrogen) atoms. The van der Waals surface area contributed by atoms with E-state index in [0.717, 1.165) is 41.2 Å². The molecule has 1 heterocycles. The third kappa shape index (κ3) is 6.62. The average Bonchev–Trinajstić information content (AvgIpc) is 3.00. The second-order valence-electron chi connectivity index (χ2n) is 7.59. The van der Waals surface area contributed by atoms with Gasteiger partial charge in [-0.3, -0.25) is 4.99 Å². The highest BCUT2D eigenvalue weighted by Gasteiger charge is 2.13. The number of esters is 1. The molecular weight excluding hydrogens is 471 g/mol. The molecule has 5 nitrogen and oxygen atoms in total. The van der Waals surface area contributed by atoms with Crippen LogP contribution >= 0.6 is 24.8 Å². The fourth-order valence-electron chi connectivity index (χ4n) is 3.60. The van der Waals surface area contributed by atoms with E-state index in [1.807, 2.05) is 42.5 Å². The van der Waals surface area contributed by atoms with Crippen molar-refractivity contribution < 1.29 is 14.3 Å². The van der Waals surface area contributed by atoms with Crippen LogP contribution in [0.1, 0.15) is 27.0 Å². The minimum Gasteiger partial charge on any atom is -0.489 e. The van der Waals surface area contributed by atoms with E-state index in [1.54, 1.807) is 12.1 Å². The summed E-state index contributed by atoms with van der Waals surface area (Å²) < 4.78 is 10.7. The Kier molecular flexibility index (Phi) is 10.2. The molecule has 0 radical (unpaired) electrons. The smallest absolute Gasteiger partial charge is 0.337 e. The Hall–Kier alpha value is -3.28. The van der Waals surface area contributed by atoms with Crippen LogP contribution in [0.25, 0.3) is 6.08 Å². The molecule has 1 aliphatic heterocycles. The van der Waals surface area contributed by atoms with Gasteiger partial charge in [-0.2, -0.15) is 0 Å². The molecule has 0 saturated carbocycles. The molecule has 0 bridgehead atoms. The summed E-state index contributed by atoms with van der Waals surface area (Å²) in [6.45, 7) is 2.09. The molecule has 0 saturated heterocycles. The summed E-state index contributed by atoms with van der Waals surface area (Å²) in [5, 5.41) is 0. The van der Waals surface area contributed by atoms with Gasteiger partial charge in [-0.1, -0.05) is 48.5 Å². The molecule has 0 aliphatic carbocycles. The van der Waals surface area contributed by atoms with Gasteiger partial charge in [0.05, 0.1) is 24.9 Å². The highest BCUT2D eigenvalue weighted by atomic mass is 35.5. The number of methoxy groups -OCH3 is 1. The van der Waals surface area contributed by atoms with E-state index in [-0.39, 0.29) is 30.8 Å². The van der Waals surface area contributed by atoms with Crippen molar-refractivity contribution in [3.63, 3.8) is 0 Å². The number of carbonyl (C=O) groups excluding carboxylic acids is 1. The van der Waals surface area contributed by atoms with Crippen molar-refractivity contribution in [2.24, 2.45) is 4.99 Å². The van der Waals surface area contributed by atoms with Crippen LogP contribution in [-0.2, 0) is 11.3 Å². The lowest BCUT2D eigenvalue weighted by atomic mass is 10.1. The van der Waals surface area contributed by atoms with E-state index >= 15 is 0 Å². The number of benzene rings is 3. The molecule has 3 aromatic rings. The van der Waals surface area contributed by atoms with Crippen LogP contribution in [0.5, 0.6) is 5.75 Å². The lowest BCUT2D eigenvalue weighted by Crippen LogP contribution is -2.20. The minimum absolute atomic E-state index is 0. The minimum atomic E-state index is -0.343. The van der Waals surface area contributed by atoms with Gasteiger partial charge in [0.1, 0.15) is 12.4 Å². The first-order chi connectivity index (χ1) is 15.6. The predicted molar refractivity (Wildman–Crippen MR) is 143 cm³/mol. The van der Waals surface area contributed by atoms with Gasteiger partial charge >= 0.3 is 5.97 Å². The van der Waals surface area contributed by atoms with Crippen LogP contribution in [-0.4, -0.2) is 38.9 Å². The highest BCUT2D eigenvalue weighted by molar-refractivity contribution is 6.14. The van der Waals surface area contributed by atoms with Crippen LogP contribution in [0.15, 0.2) is 83.9 Å². The zero-order valence-electron chi connectivity index (χ0n) is 19.1. The SMILES string of the molecule is COC(=O)c1ccc(COc2cccc(/C=C/C3=NCCN(C)c4ccccc43)c2)cc1.Cl.Cl. The summed E-state index contributed by atoms with van der Waals surface area (Å²) in [5.74, 6) is 0.441. The molecule has 1 aliphatic rings. The number of aliphatic imine (C=N–C) groups is 1. The second kappa shape index (κ2) is 12.8. The zero-order valence-corrected chi connectivity index (χ0v) is 20.8. The van der Waals surface area contributed by atoms with Crippen molar-refractivity contribution in [2.45, 2.75) is 6.61 Å². The summed E-state index contributed by atoms with van der Waals surface area (Å²) in [4.78, 5) is 18.6. The number of carbonyl (C=O) groups is 1. The van der Waals surface area contributed by atoms with Gasteiger partial charge in [0, 0.05) is 24.8 Å². The number of hydrogen-bond donors (Lipinski definition) is 0. The van der Waals surface area contributed by atoms with Gasteiger partial charge in [-0.05, 0) is 47.5 Å². The molecule has 0 aromatic heterocycles. The third-order valence-electron chi connectivity index (χ3n) is 5.38. The number of nitrogens with zero attached hydrogens (tertiary/aromatic N) is 2. The molecule has 0 atom stereocenters. The number of fused-ring (bicyclic) bond motifs is 1. The molecule has 3 aromatic carbocycles. The summed E-state index contributed by atoms with van der Waals surface area (Å²) >= 11 is 0. The highest BCUT2D eigenvalue weighted by Crippen LogP contribution is 2.23. The van der Waals surface area contributed by atoms with Crippen molar-refractivity contribution in [3.8, 4) is 5.75 Å². The Morgan fingerprint density at radius 1 is 1.00 bits per heavy atom. The number of benzodiazepines with no additional fused rings is 1. The number of para-hydroxylation sites is 1. The Morgan fingerprint density at radius 3 is 2.53 bits per heavy atom. The topological polar surface area (TPSA) is 51.1 Å². The Labute approximate surface area is 212 Å². The van der Waals surface area contributed by atoms with E-state index in [0.29, 0.717) is 12.2 Å². The Morgan fingerprint density at radius 2 is 1.76 bits per heavy atom. The van der Waals surface area contributed by atoms with E-state index in [1.165, 1.54) is 12.8 Å². The van der Waals surface area contributed by atoms with Crippen molar-refractivity contribution in [2.75, 3.05) is 32.1 Å². The van der Waals surface area contributed by atoms with E-state index in [4.69, 9.17) is 14.5 Å². The maximum atomic E-state index is 11.6. The van der Waals surface area contributed by atoms with Crippen molar-refractivity contribution in [1.29, 1.82) is 0 Å². The van der Waals surface area contributed by atoms with Crippen molar-refractivity contribution >= 4 is 48.3 Å². The molecule has 0 fully saturated rings. The third-order valence-corrected chi connectivity index (χ3v) is 5.38. The van der Waals surface area contributed by atoms with Crippen LogP contribution in [0.3, 0.4) is 0 Å². The fraction of sp³-hybridized carbons (Fsp3) is 0.185. The van der Waals surface area contributed by atoms with Crippen LogP contribution < -0.4 is 9.64 Å². The van der Waals surface area contributed by atoms with Crippen LogP contribution in [0.4, 0.5) is 5.69 Å². The zero-order chi connectivity index (χ0) is 22.3. The van der Waals surface area contributed by atoms with E-state index in [2.05, 4.69) is 42.3 Å². The fourth-order valence-corrected chi connectivity index (χ4v) is 3.60. The molecule has 4 rings (SSSR count). The molecule has 0 amide bonds. The van der Waals surface area contributed by atoms with Crippen LogP contribution in [0.2, 0.25) is 0 Å². The second-order valence-corrected chi connectivity index (χ2v) is 7.59. The molecule has 0 N–H and O–H groups in total. The summed E-state index contributed by atoms with van der Waals surface area (Å²) in [6, 6.07) is 23.6. The van der Waals surface area contributed by atoms with Crippen LogP contribution in [0, 0.1) is 0 Å². The molecule has 7 heteroatoms. The van der Waals surface area contributed by atoms with Gasteiger partial charge in [0.15, 0.2) is 0 Å². The Balaban J connectivity index is 0.00000204. The average molecular weight is 499 g/mol. The first kappa shape index (κ1) is 27.0. The number of halogens is 2. The van der Waals surface area contributed by atoms with E-state index in [9.17, 15) is 4.79 Å². The number of hydrogen-bond acceptors (Lipinski definition) is 5. The van der Waals surface area contributed by atoms with Crippen molar-refractivity contribution in [3.05, 3.63) is 101 Å². The quantitative estimate of drug-likeness (QED) is 0.400. The maximum Gasteiger partial charge on any atom is 0.337 e. The predicted octanol–water partition coefficient (Wildman–Crippen LogP) is 5.85. The number of allylic oxidation sites excluding steroid dienone is 1. The number of rotatable bonds is 6. The van der Waals surface area contributed by atoms with Gasteiger partial charge in [0.2, 0.25) is 0 Å². The first-order valence-corrected chi connectivity index (χ1v) is 10.6. The number of likely N-dealkylation sites (N-methyl/N-ethyl adjacent to an activating group) is 1. The van der Waals surface area contributed by atoms with E-state index < -0.39 is 0 Å². The largest absolute Gasteiger partial charge is 0.489 e. The standard InChI is InChI=1S/C27H26N2O3.2ClH/c1-29-17-16-28-25(24-8-3-4-9-26(24)29)15-12-20-6-5-7-23(18-20)32-19-21-10-13-22(14-11-21)27(30)31-2;;/h3-15,18H,16-17,19H2,1-2H3;2*1H/b15-12+;;.